The quantitative estimate of drug-likeness (QED) is 0.856. The van der Waals surface area contributed by atoms with Crippen molar-refractivity contribution in [3.63, 3.8) is 0 Å². The zero-order chi connectivity index (χ0) is 18.4. The molecule has 1 atom stereocenters. The van der Waals surface area contributed by atoms with Gasteiger partial charge in [0.25, 0.3) is 5.91 Å². The number of piperidine rings is 1. The maximum atomic E-state index is 12.6. The van der Waals surface area contributed by atoms with Gasteiger partial charge in [0.05, 0.1) is 17.2 Å². The van der Waals surface area contributed by atoms with Crippen LogP contribution in [0.1, 0.15) is 37.0 Å². The molecular formula is C18H25N3O4. The maximum absolute atomic E-state index is 12.6. The van der Waals surface area contributed by atoms with E-state index in [9.17, 15) is 14.4 Å². The number of carbonyl (C=O) groups is 3. The van der Waals surface area contributed by atoms with Crippen molar-refractivity contribution >= 4 is 23.6 Å². The molecule has 0 saturated carbocycles. The van der Waals surface area contributed by atoms with E-state index in [0.717, 1.165) is 0 Å². The molecule has 0 bridgehead atoms. The minimum atomic E-state index is -0.880. The summed E-state index contributed by atoms with van der Waals surface area (Å²) in [5.41, 5.74) is 0.883. The molecule has 1 aromatic rings. The Balaban J connectivity index is 2.13. The predicted octanol–water partition coefficient (Wildman–Crippen LogP) is 2.50. The molecule has 1 saturated heterocycles. The van der Waals surface area contributed by atoms with Gasteiger partial charge in [-0.3, -0.25) is 9.59 Å². The summed E-state index contributed by atoms with van der Waals surface area (Å²) in [5.74, 6) is -1.55. The smallest absolute Gasteiger partial charge is 0.321 e. The number of nitrogens with one attached hydrogen (secondary N) is 1. The highest BCUT2D eigenvalue weighted by atomic mass is 16.4. The predicted molar refractivity (Wildman–Crippen MR) is 94.6 cm³/mol. The fourth-order valence-electron chi connectivity index (χ4n) is 3.02. The minimum absolute atomic E-state index is 0.136. The molecule has 0 aliphatic carbocycles. The van der Waals surface area contributed by atoms with E-state index in [-0.39, 0.29) is 18.5 Å². The van der Waals surface area contributed by atoms with Crippen LogP contribution in [0.2, 0.25) is 0 Å². The Labute approximate surface area is 147 Å². The maximum Gasteiger partial charge on any atom is 0.321 e. The van der Waals surface area contributed by atoms with Crippen molar-refractivity contribution in [2.24, 2.45) is 5.92 Å². The second-order valence-corrected chi connectivity index (χ2v) is 6.08. The van der Waals surface area contributed by atoms with E-state index in [4.69, 9.17) is 5.11 Å². The Hall–Kier alpha value is -2.57. The van der Waals surface area contributed by atoms with Crippen LogP contribution < -0.4 is 5.32 Å². The van der Waals surface area contributed by atoms with Crippen molar-refractivity contribution in [1.82, 2.24) is 9.80 Å². The fourth-order valence-corrected chi connectivity index (χ4v) is 3.02. The molecule has 2 N–H and O–H groups in total. The molecule has 0 aromatic heterocycles. The summed E-state index contributed by atoms with van der Waals surface area (Å²) in [6, 6.07) is 6.52. The van der Waals surface area contributed by atoms with Gasteiger partial charge >= 0.3 is 12.0 Å². The third kappa shape index (κ3) is 4.49. The highest BCUT2D eigenvalue weighted by molar-refractivity contribution is 6.03. The lowest BCUT2D eigenvalue weighted by atomic mass is 9.99. The molecular weight excluding hydrogens is 322 g/mol. The Kier molecular flexibility index (Phi) is 6.38. The number of anilines is 1. The number of rotatable bonds is 5. The molecule has 0 radical (unpaired) electrons. The number of nitrogens with zero attached hydrogens (tertiary/aromatic N) is 2. The number of amides is 3. The van der Waals surface area contributed by atoms with Crippen molar-refractivity contribution in [3.05, 3.63) is 29.8 Å². The summed E-state index contributed by atoms with van der Waals surface area (Å²) in [4.78, 5) is 39.5. The molecule has 7 nitrogen and oxygen atoms in total. The average molecular weight is 347 g/mol. The van der Waals surface area contributed by atoms with Crippen molar-refractivity contribution < 1.29 is 19.5 Å². The second-order valence-electron chi connectivity index (χ2n) is 6.08. The van der Waals surface area contributed by atoms with Crippen LogP contribution in [0, 0.1) is 5.92 Å². The third-order valence-electron chi connectivity index (χ3n) is 4.51. The molecule has 1 aliphatic heterocycles. The van der Waals surface area contributed by atoms with Crippen molar-refractivity contribution in [2.45, 2.75) is 26.7 Å². The summed E-state index contributed by atoms with van der Waals surface area (Å²) >= 11 is 0. The molecule has 1 aromatic carbocycles. The number of hydrogen-bond acceptors (Lipinski definition) is 3. The van der Waals surface area contributed by atoms with Crippen LogP contribution in [0.25, 0.3) is 0 Å². The first-order chi connectivity index (χ1) is 12.0. The van der Waals surface area contributed by atoms with Crippen LogP contribution in [-0.2, 0) is 4.79 Å². The largest absolute Gasteiger partial charge is 0.481 e. The number of carboxylic acids is 1. The van der Waals surface area contributed by atoms with Gasteiger partial charge in [-0.2, -0.15) is 0 Å². The lowest BCUT2D eigenvalue weighted by Gasteiger charge is -2.31. The van der Waals surface area contributed by atoms with Gasteiger partial charge in [-0.05, 0) is 38.8 Å². The second kappa shape index (κ2) is 8.50. The zero-order valence-electron chi connectivity index (χ0n) is 14.7. The van der Waals surface area contributed by atoms with Gasteiger partial charge < -0.3 is 20.2 Å². The van der Waals surface area contributed by atoms with Crippen molar-refractivity contribution in [3.8, 4) is 0 Å². The standard InChI is InChI=1S/C18H25N3O4/c1-3-20(4-2)16(22)14-9-5-6-10-15(14)19-18(25)21-11-7-8-13(12-21)17(23)24/h5-6,9-10,13H,3-4,7-8,11-12H2,1-2H3,(H,19,25)(H,23,24). The molecule has 2 rings (SSSR count). The zero-order valence-corrected chi connectivity index (χ0v) is 14.7. The van der Waals surface area contributed by atoms with Crippen LogP contribution in [-0.4, -0.2) is 59.0 Å². The number of carbonyl (C=O) groups excluding carboxylic acids is 2. The topological polar surface area (TPSA) is 90.0 Å². The van der Waals surface area contributed by atoms with Gasteiger partial charge in [0.15, 0.2) is 0 Å². The summed E-state index contributed by atoms with van der Waals surface area (Å²) < 4.78 is 0. The highest BCUT2D eigenvalue weighted by Gasteiger charge is 2.28. The molecule has 1 unspecified atom stereocenters. The first-order valence-corrected chi connectivity index (χ1v) is 8.64. The van der Waals surface area contributed by atoms with Crippen LogP contribution in [0.4, 0.5) is 10.5 Å². The van der Waals surface area contributed by atoms with Gasteiger partial charge in [0.1, 0.15) is 0 Å². The number of urea groups is 1. The molecule has 136 valence electrons. The SMILES string of the molecule is CCN(CC)C(=O)c1ccccc1NC(=O)N1CCCC(C(=O)O)C1. The fraction of sp³-hybridized carbons (Fsp3) is 0.500. The molecule has 25 heavy (non-hydrogen) atoms. The molecule has 3 amide bonds. The van der Waals surface area contributed by atoms with Crippen LogP contribution in [0.3, 0.4) is 0 Å². The van der Waals surface area contributed by atoms with Gasteiger partial charge in [-0.25, -0.2) is 4.79 Å². The Morgan fingerprint density at radius 3 is 2.56 bits per heavy atom. The van der Waals surface area contributed by atoms with Crippen LogP contribution in [0.5, 0.6) is 0 Å². The minimum Gasteiger partial charge on any atom is -0.481 e. The lowest BCUT2D eigenvalue weighted by molar-refractivity contribution is -0.143. The van der Waals surface area contributed by atoms with Crippen molar-refractivity contribution in [2.75, 3.05) is 31.5 Å². The molecule has 1 heterocycles. The summed E-state index contributed by atoms with van der Waals surface area (Å²) in [5, 5.41) is 11.9. The number of hydrogen-bond donors (Lipinski definition) is 2. The lowest BCUT2D eigenvalue weighted by Crippen LogP contribution is -2.44. The first kappa shape index (κ1) is 18.8. The van der Waals surface area contributed by atoms with E-state index in [1.807, 2.05) is 13.8 Å². The number of likely N-dealkylation sites (tertiary alicyclic amines) is 1. The Morgan fingerprint density at radius 2 is 1.92 bits per heavy atom. The monoisotopic (exact) mass is 347 g/mol. The van der Waals surface area contributed by atoms with E-state index >= 15 is 0 Å². The normalized spacial score (nSPS) is 17.0. The van der Waals surface area contributed by atoms with E-state index < -0.39 is 11.9 Å². The number of para-hydroxylation sites is 1. The number of benzene rings is 1. The highest BCUT2D eigenvalue weighted by Crippen LogP contribution is 2.21. The number of aliphatic carboxylic acids is 1. The van der Waals surface area contributed by atoms with Crippen LogP contribution in [0.15, 0.2) is 24.3 Å². The van der Waals surface area contributed by atoms with E-state index in [2.05, 4.69) is 5.32 Å². The van der Waals surface area contributed by atoms with Gasteiger partial charge in [0, 0.05) is 26.2 Å². The van der Waals surface area contributed by atoms with Gasteiger partial charge in [0.2, 0.25) is 0 Å². The Bertz CT molecular complexity index is 643. The molecule has 1 aliphatic rings. The van der Waals surface area contributed by atoms with Gasteiger partial charge in [-0.1, -0.05) is 12.1 Å². The van der Waals surface area contributed by atoms with Crippen molar-refractivity contribution in [1.29, 1.82) is 0 Å². The van der Waals surface area contributed by atoms with E-state index in [1.165, 1.54) is 4.90 Å². The molecule has 1 fully saturated rings. The van der Waals surface area contributed by atoms with E-state index in [1.54, 1.807) is 29.2 Å². The summed E-state index contributed by atoms with van der Waals surface area (Å²) in [6.07, 6.45) is 1.24. The molecule has 7 heteroatoms. The Morgan fingerprint density at radius 1 is 1.24 bits per heavy atom. The van der Waals surface area contributed by atoms with E-state index in [0.29, 0.717) is 43.7 Å². The summed E-state index contributed by atoms with van der Waals surface area (Å²) in [7, 11) is 0. The summed E-state index contributed by atoms with van der Waals surface area (Å²) in [6.45, 7) is 5.69. The van der Waals surface area contributed by atoms with Crippen LogP contribution >= 0.6 is 0 Å². The third-order valence-corrected chi connectivity index (χ3v) is 4.51. The average Bonchev–Trinajstić information content (AvgIpc) is 2.63. The first-order valence-electron chi connectivity index (χ1n) is 8.64. The molecule has 0 spiro atoms. The number of carboxylic acid groups (broad SMARTS) is 1. The van der Waals surface area contributed by atoms with Gasteiger partial charge in [-0.15, -0.1) is 0 Å².